The number of nitrogens with one attached hydrogen (secondary N) is 1. The van der Waals surface area contributed by atoms with E-state index in [1.807, 2.05) is 0 Å². The van der Waals surface area contributed by atoms with Crippen LogP contribution in [-0.4, -0.2) is 11.7 Å². The van der Waals surface area contributed by atoms with Gasteiger partial charge in [0.05, 0.1) is 15.7 Å². The Morgan fingerprint density at radius 2 is 1.86 bits per heavy atom. The van der Waals surface area contributed by atoms with Crippen LogP contribution in [0, 0.1) is 6.92 Å². The number of amides is 1. The fourth-order valence-corrected chi connectivity index (χ4v) is 2.91. The van der Waals surface area contributed by atoms with Crippen LogP contribution in [0.15, 0.2) is 47.4 Å². The first-order valence-corrected chi connectivity index (χ1v) is 8.24. The van der Waals surface area contributed by atoms with Crippen LogP contribution in [0.4, 0.5) is 5.69 Å². The molecule has 0 saturated heterocycles. The van der Waals surface area contributed by atoms with E-state index in [1.165, 1.54) is 5.56 Å². The number of halogens is 2. The quantitative estimate of drug-likeness (QED) is 0.736. The Kier molecular flexibility index (Phi) is 5.97. The van der Waals surface area contributed by atoms with Crippen molar-refractivity contribution in [3.8, 4) is 0 Å². The van der Waals surface area contributed by atoms with Crippen LogP contribution < -0.4 is 5.32 Å². The van der Waals surface area contributed by atoms with Gasteiger partial charge in [0.1, 0.15) is 0 Å². The number of benzene rings is 2. The SMILES string of the molecule is Cc1ccc(SCCC(=O)Nc2cccc(Cl)c2Cl)cc1. The molecule has 1 N–H and O–H groups in total. The molecule has 0 fully saturated rings. The Morgan fingerprint density at radius 1 is 1.14 bits per heavy atom. The highest BCUT2D eigenvalue weighted by Crippen LogP contribution is 2.29. The van der Waals surface area contributed by atoms with Crippen LogP contribution >= 0.6 is 35.0 Å². The van der Waals surface area contributed by atoms with E-state index < -0.39 is 0 Å². The first-order valence-electron chi connectivity index (χ1n) is 6.49. The van der Waals surface area contributed by atoms with E-state index in [1.54, 1.807) is 30.0 Å². The molecule has 2 rings (SSSR count). The number of rotatable bonds is 5. The van der Waals surface area contributed by atoms with E-state index in [9.17, 15) is 4.79 Å². The maximum absolute atomic E-state index is 11.9. The third kappa shape index (κ3) is 4.95. The minimum Gasteiger partial charge on any atom is -0.325 e. The predicted octanol–water partition coefficient (Wildman–Crippen LogP) is 5.42. The van der Waals surface area contributed by atoms with Gasteiger partial charge in [-0.1, -0.05) is 47.0 Å². The molecule has 0 aliphatic heterocycles. The fourth-order valence-electron chi connectivity index (χ4n) is 1.71. The highest BCUT2D eigenvalue weighted by Gasteiger charge is 2.08. The van der Waals surface area contributed by atoms with Gasteiger partial charge in [-0.05, 0) is 31.2 Å². The minimum atomic E-state index is -0.0706. The molecule has 0 saturated carbocycles. The van der Waals surface area contributed by atoms with Crippen molar-refractivity contribution >= 4 is 46.6 Å². The molecule has 0 aliphatic carbocycles. The van der Waals surface area contributed by atoms with Crippen molar-refractivity contribution < 1.29 is 4.79 Å². The largest absolute Gasteiger partial charge is 0.325 e. The van der Waals surface area contributed by atoms with Gasteiger partial charge in [-0.2, -0.15) is 0 Å². The zero-order valence-corrected chi connectivity index (χ0v) is 13.9. The van der Waals surface area contributed by atoms with E-state index in [-0.39, 0.29) is 5.91 Å². The Balaban J connectivity index is 1.82. The second-order valence-electron chi connectivity index (χ2n) is 4.56. The average molecular weight is 340 g/mol. The van der Waals surface area contributed by atoms with Crippen molar-refractivity contribution in [2.24, 2.45) is 0 Å². The van der Waals surface area contributed by atoms with Gasteiger partial charge in [0.25, 0.3) is 0 Å². The summed E-state index contributed by atoms with van der Waals surface area (Å²) in [7, 11) is 0. The summed E-state index contributed by atoms with van der Waals surface area (Å²) in [6.45, 7) is 2.05. The topological polar surface area (TPSA) is 29.1 Å². The standard InChI is InChI=1S/C16H15Cl2NOS/c1-11-5-7-12(8-6-11)21-10-9-15(20)19-14-4-2-3-13(17)16(14)18/h2-8H,9-10H2,1H3,(H,19,20). The molecule has 5 heteroatoms. The van der Waals surface area contributed by atoms with Gasteiger partial charge in [-0.15, -0.1) is 11.8 Å². The molecule has 1 amide bonds. The molecule has 0 atom stereocenters. The van der Waals surface area contributed by atoms with E-state index in [2.05, 4.69) is 36.5 Å². The fraction of sp³-hybridized carbons (Fsp3) is 0.188. The Labute approximate surface area is 138 Å². The molecule has 2 aromatic carbocycles. The van der Waals surface area contributed by atoms with Gasteiger partial charge in [0.2, 0.25) is 5.91 Å². The molecule has 0 bridgehead atoms. The molecule has 110 valence electrons. The van der Waals surface area contributed by atoms with Gasteiger partial charge in [0.15, 0.2) is 0 Å². The number of thioether (sulfide) groups is 1. The number of hydrogen-bond acceptors (Lipinski definition) is 2. The Hall–Kier alpha value is -1.16. The summed E-state index contributed by atoms with van der Waals surface area (Å²) < 4.78 is 0. The maximum atomic E-state index is 11.9. The number of carbonyl (C=O) groups is 1. The zero-order chi connectivity index (χ0) is 15.2. The summed E-state index contributed by atoms with van der Waals surface area (Å²) in [6, 6.07) is 13.4. The molecule has 0 aromatic heterocycles. The van der Waals surface area contributed by atoms with Crippen molar-refractivity contribution in [2.75, 3.05) is 11.1 Å². The summed E-state index contributed by atoms with van der Waals surface area (Å²) >= 11 is 13.6. The first kappa shape index (κ1) is 16.2. The third-order valence-corrected chi connectivity index (χ3v) is 4.68. The van der Waals surface area contributed by atoms with Crippen molar-refractivity contribution in [2.45, 2.75) is 18.2 Å². The maximum Gasteiger partial charge on any atom is 0.225 e. The van der Waals surface area contributed by atoms with Gasteiger partial charge in [-0.25, -0.2) is 0 Å². The van der Waals surface area contributed by atoms with E-state index in [0.717, 1.165) is 4.90 Å². The molecule has 21 heavy (non-hydrogen) atoms. The average Bonchev–Trinajstić information content (AvgIpc) is 2.46. The Morgan fingerprint density at radius 3 is 2.57 bits per heavy atom. The second-order valence-corrected chi connectivity index (χ2v) is 6.51. The van der Waals surface area contributed by atoms with Crippen molar-refractivity contribution in [3.05, 3.63) is 58.1 Å². The lowest BCUT2D eigenvalue weighted by atomic mass is 10.2. The van der Waals surface area contributed by atoms with Crippen LogP contribution in [0.3, 0.4) is 0 Å². The van der Waals surface area contributed by atoms with Crippen molar-refractivity contribution in [1.29, 1.82) is 0 Å². The first-order chi connectivity index (χ1) is 10.1. The zero-order valence-electron chi connectivity index (χ0n) is 11.5. The number of hydrogen-bond donors (Lipinski definition) is 1. The molecular weight excluding hydrogens is 325 g/mol. The van der Waals surface area contributed by atoms with Crippen LogP contribution in [0.5, 0.6) is 0 Å². The van der Waals surface area contributed by atoms with Crippen LogP contribution in [0.25, 0.3) is 0 Å². The molecular formula is C16H15Cl2NOS. The number of aryl methyl sites for hydroxylation is 1. The van der Waals surface area contributed by atoms with E-state index in [0.29, 0.717) is 27.9 Å². The van der Waals surface area contributed by atoms with Crippen molar-refractivity contribution in [1.82, 2.24) is 0 Å². The number of anilines is 1. The smallest absolute Gasteiger partial charge is 0.225 e. The lowest BCUT2D eigenvalue weighted by Gasteiger charge is -2.08. The minimum absolute atomic E-state index is 0.0706. The molecule has 2 aromatic rings. The van der Waals surface area contributed by atoms with Gasteiger partial charge >= 0.3 is 0 Å². The second kappa shape index (κ2) is 7.74. The van der Waals surface area contributed by atoms with Crippen LogP contribution in [-0.2, 0) is 4.79 Å². The van der Waals surface area contributed by atoms with Crippen LogP contribution in [0.1, 0.15) is 12.0 Å². The molecule has 0 radical (unpaired) electrons. The molecule has 0 spiro atoms. The van der Waals surface area contributed by atoms with Gasteiger partial charge in [-0.3, -0.25) is 4.79 Å². The van der Waals surface area contributed by atoms with E-state index in [4.69, 9.17) is 23.2 Å². The molecule has 2 nitrogen and oxygen atoms in total. The van der Waals surface area contributed by atoms with Crippen LogP contribution in [0.2, 0.25) is 10.0 Å². The van der Waals surface area contributed by atoms with Gasteiger partial charge < -0.3 is 5.32 Å². The monoisotopic (exact) mass is 339 g/mol. The molecule has 0 aliphatic rings. The van der Waals surface area contributed by atoms with Crippen molar-refractivity contribution in [3.63, 3.8) is 0 Å². The summed E-state index contributed by atoms with van der Waals surface area (Å²) in [6.07, 6.45) is 0.418. The third-order valence-electron chi connectivity index (χ3n) is 2.84. The lowest BCUT2D eigenvalue weighted by Crippen LogP contribution is -2.12. The lowest BCUT2D eigenvalue weighted by molar-refractivity contribution is -0.115. The molecule has 0 heterocycles. The summed E-state index contributed by atoms with van der Waals surface area (Å²) in [4.78, 5) is 13.1. The number of carbonyl (C=O) groups excluding carboxylic acids is 1. The van der Waals surface area contributed by atoms with E-state index >= 15 is 0 Å². The normalized spacial score (nSPS) is 10.4. The predicted molar refractivity (Wildman–Crippen MR) is 91.6 cm³/mol. The highest BCUT2D eigenvalue weighted by molar-refractivity contribution is 7.99. The highest BCUT2D eigenvalue weighted by atomic mass is 35.5. The summed E-state index contributed by atoms with van der Waals surface area (Å²) in [5.41, 5.74) is 1.78. The molecule has 0 unspecified atom stereocenters. The Bertz CT molecular complexity index is 629. The summed E-state index contributed by atoms with van der Waals surface area (Å²) in [5.74, 6) is 0.645. The summed E-state index contributed by atoms with van der Waals surface area (Å²) in [5, 5.41) is 3.59. The van der Waals surface area contributed by atoms with Gasteiger partial charge in [0, 0.05) is 17.1 Å².